The molecule has 1 aromatic heterocycles. The van der Waals surface area contributed by atoms with Gasteiger partial charge in [-0.05, 0) is 37.0 Å². The Morgan fingerprint density at radius 2 is 2.03 bits per heavy atom. The number of rotatable bonds is 11. The molecule has 2 fully saturated rings. The van der Waals surface area contributed by atoms with Crippen molar-refractivity contribution in [2.75, 3.05) is 33.3 Å². The number of nitrogens with zero attached hydrogens (tertiary/aromatic N) is 1. The molecule has 0 saturated carbocycles. The quantitative estimate of drug-likeness (QED) is 0.349. The highest BCUT2D eigenvalue weighted by molar-refractivity contribution is 6.02. The van der Waals surface area contributed by atoms with E-state index in [9.17, 15) is 19.2 Å². The van der Waals surface area contributed by atoms with Gasteiger partial charge in [-0.15, -0.1) is 0 Å². The van der Waals surface area contributed by atoms with Crippen LogP contribution in [0.15, 0.2) is 24.3 Å². The molecule has 4 N–H and O–H groups in total. The van der Waals surface area contributed by atoms with Crippen molar-refractivity contribution in [3.8, 4) is 5.75 Å². The van der Waals surface area contributed by atoms with Gasteiger partial charge >= 0.3 is 0 Å². The molecule has 2 aliphatic rings. The lowest BCUT2D eigenvalue weighted by atomic mass is 9.99. The Hall–Kier alpha value is -3.40. The van der Waals surface area contributed by atoms with Crippen molar-refractivity contribution in [1.29, 1.82) is 0 Å². The number of aromatic amines is 1. The number of aromatic nitrogens is 1. The molecule has 3 atom stereocenters. The number of benzene rings is 1. The van der Waals surface area contributed by atoms with E-state index in [2.05, 4.69) is 20.9 Å². The van der Waals surface area contributed by atoms with E-state index in [1.54, 1.807) is 13.2 Å². The molecule has 3 heterocycles. The number of ether oxygens (including phenoxy) is 1. The van der Waals surface area contributed by atoms with Crippen molar-refractivity contribution in [2.45, 2.75) is 38.8 Å². The first-order valence-corrected chi connectivity index (χ1v) is 12.1. The highest BCUT2D eigenvalue weighted by atomic mass is 16.5. The van der Waals surface area contributed by atoms with Crippen LogP contribution in [-0.4, -0.2) is 78.8 Å². The molecule has 0 unspecified atom stereocenters. The van der Waals surface area contributed by atoms with Gasteiger partial charge in [0.2, 0.25) is 11.8 Å². The average Bonchev–Trinajstić information content (AvgIpc) is 3.45. The van der Waals surface area contributed by atoms with E-state index in [1.807, 2.05) is 32.0 Å². The molecule has 4 rings (SSSR count). The number of nitrogens with one attached hydrogen (secondary N) is 4. The van der Waals surface area contributed by atoms with E-state index >= 15 is 0 Å². The van der Waals surface area contributed by atoms with Gasteiger partial charge in [-0.2, -0.15) is 0 Å². The van der Waals surface area contributed by atoms with Gasteiger partial charge in [0.15, 0.2) is 5.78 Å². The second-order valence-electron chi connectivity index (χ2n) is 9.68. The summed E-state index contributed by atoms with van der Waals surface area (Å²) in [5.41, 5.74) is 1.08. The molecule has 188 valence electrons. The zero-order valence-corrected chi connectivity index (χ0v) is 20.3. The van der Waals surface area contributed by atoms with E-state index in [1.165, 1.54) is 4.90 Å². The van der Waals surface area contributed by atoms with Crippen LogP contribution in [-0.2, 0) is 14.4 Å². The molecule has 2 aromatic rings. The number of fused-ring (bicyclic) bond motifs is 1. The Kier molecular flexibility index (Phi) is 7.39. The van der Waals surface area contributed by atoms with Crippen molar-refractivity contribution in [1.82, 2.24) is 25.8 Å². The molecule has 0 spiro atoms. The van der Waals surface area contributed by atoms with Crippen LogP contribution in [0, 0.1) is 11.8 Å². The molecule has 10 heteroatoms. The lowest BCUT2D eigenvalue weighted by Crippen LogP contribution is -2.49. The van der Waals surface area contributed by atoms with Crippen LogP contribution >= 0.6 is 0 Å². The summed E-state index contributed by atoms with van der Waals surface area (Å²) < 4.78 is 5.37. The number of methoxy groups -OCH3 is 1. The Balaban J connectivity index is 1.49. The first-order valence-electron chi connectivity index (χ1n) is 12.1. The number of amides is 3. The van der Waals surface area contributed by atoms with Gasteiger partial charge in [0.25, 0.3) is 5.91 Å². The number of carbonyl (C=O) groups excluding carboxylic acids is 4. The largest absolute Gasteiger partial charge is 0.496 e. The van der Waals surface area contributed by atoms with Crippen molar-refractivity contribution in [2.24, 2.45) is 11.8 Å². The second-order valence-corrected chi connectivity index (χ2v) is 9.68. The second kappa shape index (κ2) is 10.5. The molecule has 2 saturated heterocycles. The smallest absolute Gasteiger partial charge is 0.268 e. The Bertz CT molecular complexity index is 1120. The predicted molar refractivity (Wildman–Crippen MR) is 130 cm³/mol. The SMILES string of the molecule is COc1cccc2[nH]c(C(=O)N[C@@H](CC(C)C)C(=O)CN(C[C@@H]3CCNC3=O)C(=O)[C@@H]3CN3)cc12. The Morgan fingerprint density at radius 3 is 2.66 bits per heavy atom. The fourth-order valence-electron chi connectivity index (χ4n) is 4.48. The lowest BCUT2D eigenvalue weighted by molar-refractivity contribution is -0.137. The third-order valence-corrected chi connectivity index (χ3v) is 6.46. The maximum absolute atomic E-state index is 13.4. The van der Waals surface area contributed by atoms with E-state index in [4.69, 9.17) is 4.74 Å². The fraction of sp³-hybridized carbons (Fsp3) is 0.520. The van der Waals surface area contributed by atoms with Crippen LogP contribution in [0.2, 0.25) is 0 Å². The number of hydrogen-bond acceptors (Lipinski definition) is 6. The van der Waals surface area contributed by atoms with E-state index in [0.717, 1.165) is 10.9 Å². The number of H-pyrrole nitrogens is 1. The summed E-state index contributed by atoms with van der Waals surface area (Å²) in [4.78, 5) is 56.0. The summed E-state index contributed by atoms with van der Waals surface area (Å²) in [5.74, 6) is -0.485. The van der Waals surface area contributed by atoms with E-state index in [-0.39, 0.29) is 48.6 Å². The zero-order valence-electron chi connectivity index (χ0n) is 20.3. The minimum Gasteiger partial charge on any atom is -0.496 e. The van der Waals surface area contributed by atoms with Crippen molar-refractivity contribution < 1.29 is 23.9 Å². The maximum Gasteiger partial charge on any atom is 0.268 e. The van der Waals surface area contributed by atoms with Crippen LogP contribution in [0.1, 0.15) is 37.2 Å². The van der Waals surface area contributed by atoms with E-state index in [0.29, 0.717) is 37.4 Å². The maximum atomic E-state index is 13.4. The summed E-state index contributed by atoms with van der Waals surface area (Å²) in [6.45, 7) is 5.12. The standard InChI is InChI=1S/C25H33N5O5/c1-14(2)9-18(29-24(33)19-10-16-17(28-19)5-4-6-22(16)35-3)21(31)13-30(25(34)20-11-27-20)12-15-7-8-26-23(15)32/h4-6,10,14-15,18,20,27-28H,7-9,11-13H2,1-3H3,(H,26,32)(H,29,33)/t15-,18-,20-/m0/s1. The number of hydrogen-bond donors (Lipinski definition) is 4. The molecule has 10 nitrogen and oxygen atoms in total. The summed E-state index contributed by atoms with van der Waals surface area (Å²) >= 11 is 0. The summed E-state index contributed by atoms with van der Waals surface area (Å²) in [6, 6.07) is 6.11. The monoisotopic (exact) mass is 483 g/mol. The van der Waals surface area contributed by atoms with Gasteiger partial charge in [-0.25, -0.2) is 0 Å². The molecular formula is C25H33N5O5. The number of ketones is 1. The lowest BCUT2D eigenvalue weighted by Gasteiger charge is -2.27. The van der Waals surface area contributed by atoms with Gasteiger partial charge in [-0.3, -0.25) is 19.2 Å². The topological polar surface area (TPSA) is 143 Å². The first kappa shape index (κ1) is 24.7. The minimum atomic E-state index is -0.768. The average molecular weight is 484 g/mol. The first-order chi connectivity index (χ1) is 16.8. The normalized spacial score (nSPS) is 19.9. The van der Waals surface area contributed by atoms with Gasteiger partial charge in [0, 0.05) is 30.5 Å². The van der Waals surface area contributed by atoms with Crippen molar-refractivity contribution in [3.63, 3.8) is 0 Å². The van der Waals surface area contributed by atoms with Gasteiger partial charge in [-0.1, -0.05) is 19.9 Å². The van der Waals surface area contributed by atoms with Crippen LogP contribution < -0.4 is 20.7 Å². The summed E-state index contributed by atoms with van der Waals surface area (Å²) in [6.07, 6.45) is 1.06. The Labute approximate surface area is 204 Å². The summed E-state index contributed by atoms with van der Waals surface area (Å²) in [7, 11) is 1.57. The molecular weight excluding hydrogens is 450 g/mol. The van der Waals surface area contributed by atoms with Crippen molar-refractivity contribution in [3.05, 3.63) is 30.0 Å². The molecule has 0 aliphatic carbocycles. The molecule has 0 bridgehead atoms. The molecule has 3 amide bonds. The van der Waals surface area contributed by atoms with Crippen LogP contribution in [0.25, 0.3) is 10.9 Å². The summed E-state index contributed by atoms with van der Waals surface area (Å²) in [5, 5.41) is 9.39. The number of carbonyl (C=O) groups is 4. The molecule has 35 heavy (non-hydrogen) atoms. The third-order valence-electron chi connectivity index (χ3n) is 6.46. The van der Waals surface area contributed by atoms with E-state index < -0.39 is 11.9 Å². The zero-order chi connectivity index (χ0) is 25.1. The molecule has 2 aliphatic heterocycles. The van der Waals surface area contributed by atoms with Crippen LogP contribution in [0.3, 0.4) is 0 Å². The molecule has 1 aromatic carbocycles. The highest BCUT2D eigenvalue weighted by Gasteiger charge is 2.37. The van der Waals surface area contributed by atoms with Crippen LogP contribution in [0.4, 0.5) is 0 Å². The van der Waals surface area contributed by atoms with Crippen molar-refractivity contribution >= 4 is 34.4 Å². The van der Waals surface area contributed by atoms with Gasteiger partial charge in [0.05, 0.1) is 31.7 Å². The minimum absolute atomic E-state index is 0.0970. The van der Waals surface area contributed by atoms with Gasteiger partial charge < -0.3 is 30.6 Å². The molecule has 0 radical (unpaired) electrons. The number of Topliss-reactive ketones (excluding diaryl/α,β-unsaturated/α-hetero) is 1. The Morgan fingerprint density at radius 1 is 1.26 bits per heavy atom. The van der Waals surface area contributed by atoms with Gasteiger partial charge in [0.1, 0.15) is 11.4 Å². The third kappa shape index (κ3) is 5.82. The predicted octanol–water partition coefficient (Wildman–Crippen LogP) is 0.827. The van der Waals surface area contributed by atoms with Crippen LogP contribution in [0.5, 0.6) is 5.75 Å². The fourth-order valence-corrected chi connectivity index (χ4v) is 4.48. The highest BCUT2D eigenvalue weighted by Crippen LogP contribution is 2.26.